The Morgan fingerprint density at radius 3 is 2.74 bits per heavy atom. The molecule has 2 heterocycles. The Balaban J connectivity index is 1.41. The minimum atomic E-state index is -0.654. The molecule has 1 saturated heterocycles. The van der Waals surface area contributed by atoms with Crippen molar-refractivity contribution in [3.8, 4) is 0 Å². The molecule has 1 N–H and O–H groups in total. The van der Waals surface area contributed by atoms with Gasteiger partial charge in [0.05, 0.1) is 0 Å². The van der Waals surface area contributed by atoms with Crippen LogP contribution in [-0.4, -0.2) is 34.6 Å². The molecule has 7 nitrogen and oxygen atoms in total. The van der Waals surface area contributed by atoms with Gasteiger partial charge in [0.25, 0.3) is 5.91 Å². The van der Waals surface area contributed by atoms with Crippen LogP contribution in [0.1, 0.15) is 46.3 Å². The molecular weight excluding hydrogens is 396 g/mol. The molecule has 0 bridgehead atoms. The average Bonchev–Trinajstić information content (AvgIpc) is 2.99. The Hall–Kier alpha value is -3.74. The van der Waals surface area contributed by atoms with Crippen molar-refractivity contribution >= 4 is 29.8 Å². The molecule has 0 radical (unpaired) electrons. The zero-order valence-corrected chi connectivity index (χ0v) is 16.9. The van der Waals surface area contributed by atoms with E-state index in [9.17, 15) is 19.2 Å². The Bertz CT molecular complexity index is 1060. The van der Waals surface area contributed by atoms with Gasteiger partial charge in [0, 0.05) is 24.6 Å². The molecule has 1 atom stereocenters. The predicted octanol–water partition coefficient (Wildman–Crippen LogP) is 2.59. The Labute approximate surface area is 179 Å². The van der Waals surface area contributed by atoms with Crippen molar-refractivity contribution in [1.29, 1.82) is 0 Å². The number of hydrogen-bond acceptors (Lipinski definition) is 5. The molecule has 0 aromatic heterocycles. The van der Waals surface area contributed by atoms with E-state index in [-0.39, 0.29) is 24.8 Å². The summed E-state index contributed by atoms with van der Waals surface area (Å²) in [5.41, 5.74) is 2.98. The van der Waals surface area contributed by atoms with Crippen LogP contribution >= 0.6 is 0 Å². The van der Waals surface area contributed by atoms with Crippen LogP contribution in [0.3, 0.4) is 0 Å². The molecule has 2 aromatic carbocycles. The van der Waals surface area contributed by atoms with Gasteiger partial charge in [-0.15, -0.1) is 0 Å². The summed E-state index contributed by atoms with van der Waals surface area (Å²) in [5.74, 6) is -1.41. The first-order valence-corrected chi connectivity index (χ1v) is 10.2. The molecule has 2 aromatic rings. The van der Waals surface area contributed by atoms with Crippen LogP contribution < -0.4 is 5.32 Å². The van der Waals surface area contributed by atoms with Crippen molar-refractivity contribution in [2.45, 2.75) is 38.5 Å². The van der Waals surface area contributed by atoms with Gasteiger partial charge in [-0.05, 0) is 47.7 Å². The normalized spacial score (nSPS) is 18.6. The van der Waals surface area contributed by atoms with Gasteiger partial charge in [-0.1, -0.05) is 36.4 Å². The molecule has 31 heavy (non-hydrogen) atoms. The lowest BCUT2D eigenvalue weighted by molar-refractivity contribution is -0.139. The lowest BCUT2D eigenvalue weighted by Crippen LogP contribution is -2.46. The number of amides is 3. The third kappa shape index (κ3) is 4.71. The number of benzene rings is 2. The number of imide groups is 1. The Kier molecular flexibility index (Phi) is 5.93. The van der Waals surface area contributed by atoms with Crippen LogP contribution in [-0.2, 0) is 32.3 Å². The fourth-order valence-corrected chi connectivity index (χ4v) is 3.83. The SMILES string of the molecule is O=C1CCCC(N2Cc3cc(/C=C/C(=O)OCc4ccccc4)ccc3C2=O)C(=O)N1. The highest BCUT2D eigenvalue weighted by Crippen LogP contribution is 2.28. The van der Waals surface area contributed by atoms with E-state index in [1.54, 1.807) is 18.2 Å². The molecule has 1 unspecified atom stereocenters. The number of carbonyl (C=O) groups is 4. The first kappa shape index (κ1) is 20.5. The van der Waals surface area contributed by atoms with E-state index in [2.05, 4.69) is 5.32 Å². The van der Waals surface area contributed by atoms with E-state index >= 15 is 0 Å². The number of fused-ring (bicyclic) bond motifs is 1. The van der Waals surface area contributed by atoms with Crippen LogP contribution in [0.25, 0.3) is 6.08 Å². The van der Waals surface area contributed by atoms with Gasteiger partial charge in [-0.2, -0.15) is 0 Å². The summed E-state index contributed by atoms with van der Waals surface area (Å²) in [7, 11) is 0. The second kappa shape index (κ2) is 8.95. The smallest absolute Gasteiger partial charge is 0.331 e. The van der Waals surface area contributed by atoms with Crippen molar-refractivity contribution < 1.29 is 23.9 Å². The number of rotatable bonds is 5. The summed E-state index contributed by atoms with van der Waals surface area (Å²) >= 11 is 0. The number of esters is 1. The van der Waals surface area contributed by atoms with Gasteiger partial charge < -0.3 is 9.64 Å². The maximum absolute atomic E-state index is 12.8. The zero-order valence-electron chi connectivity index (χ0n) is 16.9. The summed E-state index contributed by atoms with van der Waals surface area (Å²) in [6.45, 7) is 0.490. The van der Waals surface area contributed by atoms with Crippen LogP contribution in [0.2, 0.25) is 0 Å². The quantitative estimate of drug-likeness (QED) is 0.458. The number of carbonyl (C=O) groups excluding carboxylic acids is 4. The Morgan fingerprint density at radius 2 is 1.94 bits per heavy atom. The van der Waals surface area contributed by atoms with E-state index in [0.29, 0.717) is 24.9 Å². The first-order valence-electron chi connectivity index (χ1n) is 10.2. The third-order valence-corrected chi connectivity index (χ3v) is 5.42. The van der Waals surface area contributed by atoms with E-state index in [4.69, 9.17) is 4.74 Å². The van der Waals surface area contributed by atoms with E-state index < -0.39 is 17.9 Å². The topological polar surface area (TPSA) is 92.8 Å². The molecule has 2 aliphatic rings. The summed E-state index contributed by atoms with van der Waals surface area (Å²) in [5, 5.41) is 2.35. The van der Waals surface area contributed by atoms with Crippen molar-refractivity contribution in [3.05, 3.63) is 76.9 Å². The third-order valence-electron chi connectivity index (χ3n) is 5.42. The van der Waals surface area contributed by atoms with Crippen molar-refractivity contribution in [2.75, 3.05) is 0 Å². The lowest BCUT2D eigenvalue weighted by Gasteiger charge is -2.24. The van der Waals surface area contributed by atoms with E-state index in [1.807, 2.05) is 36.4 Å². The van der Waals surface area contributed by atoms with Gasteiger partial charge in [0.1, 0.15) is 12.6 Å². The van der Waals surface area contributed by atoms with Crippen molar-refractivity contribution in [2.24, 2.45) is 0 Å². The zero-order chi connectivity index (χ0) is 21.8. The summed E-state index contributed by atoms with van der Waals surface area (Å²) in [4.78, 5) is 50.2. The van der Waals surface area contributed by atoms with Gasteiger partial charge in [-0.25, -0.2) is 4.79 Å². The summed E-state index contributed by atoms with van der Waals surface area (Å²) < 4.78 is 5.23. The van der Waals surface area contributed by atoms with Gasteiger partial charge in [-0.3, -0.25) is 19.7 Å². The van der Waals surface area contributed by atoms with Crippen molar-refractivity contribution in [3.63, 3.8) is 0 Å². The fourth-order valence-electron chi connectivity index (χ4n) is 3.83. The van der Waals surface area contributed by atoms with Gasteiger partial charge in [0.15, 0.2) is 0 Å². The van der Waals surface area contributed by atoms with Crippen LogP contribution in [0.5, 0.6) is 0 Å². The molecule has 1 fully saturated rings. The number of ether oxygens (including phenoxy) is 1. The maximum atomic E-state index is 12.8. The molecule has 158 valence electrons. The molecule has 0 saturated carbocycles. The summed E-state index contributed by atoms with van der Waals surface area (Å²) in [6, 6.07) is 14.0. The average molecular weight is 418 g/mol. The predicted molar refractivity (Wildman–Crippen MR) is 112 cm³/mol. The standard InChI is InChI=1S/C24H22N2O5/c27-21-8-4-7-20(23(29)25-21)26-14-18-13-16(9-11-19(18)24(26)30)10-12-22(28)31-15-17-5-2-1-3-6-17/h1-3,5-6,9-13,20H,4,7-8,14-15H2,(H,25,27,29)/b12-10+. The monoisotopic (exact) mass is 418 g/mol. The molecule has 4 rings (SSSR count). The molecular formula is C24H22N2O5. The van der Waals surface area contributed by atoms with Crippen LogP contribution in [0, 0.1) is 0 Å². The van der Waals surface area contributed by atoms with Gasteiger partial charge in [0.2, 0.25) is 11.8 Å². The highest BCUT2D eigenvalue weighted by molar-refractivity contribution is 6.04. The lowest BCUT2D eigenvalue weighted by atomic mass is 10.1. The van der Waals surface area contributed by atoms with Crippen molar-refractivity contribution in [1.82, 2.24) is 10.2 Å². The highest BCUT2D eigenvalue weighted by atomic mass is 16.5. The van der Waals surface area contributed by atoms with Gasteiger partial charge >= 0.3 is 5.97 Å². The summed E-state index contributed by atoms with van der Waals surface area (Å²) in [6.07, 6.45) is 4.28. The highest BCUT2D eigenvalue weighted by Gasteiger charge is 2.37. The molecule has 7 heteroatoms. The second-order valence-electron chi connectivity index (χ2n) is 7.60. The second-order valence-corrected chi connectivity index (χ2v) is 7.60. The Morgan fingerprint density at radius 1 is 1.13 bits per heavy atom. The number of nitrogens with zero attached hydrogens (tertiary/aromatic N) is 1. The number of hydrogen-bond donors (Lipinski definition) is 1. The fraction of sp³-hybridized carbons (Fsp3) is 0.250. The van der Waals surface area contributed by atoms with Crippen LogP contribution in [0.15, 0.2) is 54.6 Å². The minimum Gasteiger partial charge on any atom is -0.458 e. The largest absolute Gasteiger partial charge is 0.458 e. The van der Waals surface area contributed by atoms with E-state index in [0.717, 1.165) is 16.7 Å². The first-order chi connectivity index (χ1) is 15.0. The molecule has 0 spiro atoms. The van der Waals surface area contributed by atoms with E-state index in [1.165, 1.54) is 11.0 Å². The number of nitrogens with one attached hydrogen (secondary N) is 1. The molecule has 2 aliphatic heterocycles. The van der Waals surface area contributed by atoms with Crippen LogP contribution in [0.4, 0.5) is 0 Å². The molecule has 0 aliphatic carbocycles. The maximum Gasteiger partial charge on any atom is 0.331 e. The minimum absolute atomic E-state index is 0.198. The molecule has 3 amide bonds.